The lowest BCUT2D eigenvalue weighted by Gasteiger charge is -2.27. The molecule has 4 nitrogen and oxygen atoms in total. The molecule has 0 heterocycles. The summed E-state index contributed by atoms with van der Waals surface area (Å²) in [6.07, 6.45) is 5.43. The second-order valence-corrected chi connectivity index (χ2v) is 6.54. The first kappa shape index (κ1) is 14.2. The van der Waals surface area contributed by atoms with Crippen LogP contribution in [0.5, 0.6) is 5.75 Å². The second-order valence-electron chi connectivity index (χ2n) is 6.54. The van der Waals surface area contributed by atoms with E-state index in [1.54, 1.807) is 12.1 Å². The van der Waals surface area contributed by atoms with Crippen molar-refractivity contribution in [2.24, 2.45) is 17.8 Å². The summed E-state index contributed by atoms with van der Waals surface area (Å²) in [7, 11) is 1.88. The average Bonchev–Trinajstić information content (AvgIpc) is 3.08. The highest BCUT2D eigenvalue weighted by atomic mass is 16.5. The fourth-order valence-corrected chi connectivity index (χ4v) is 3.92. The lowest BCUT2D eigenvalue weighted by Crippen LogP contribution is -2.36. The highest BCUT2D eigenvalue weighted by molar-refractivity contribution is 5.77. The van der Waals surface area contributed by atoms with Crippen LogP contribution in [0.1, 0.15) is 25.7 Å². The summed E-state index contributed by atoms with van der Waals surface area (Å²) in [5, 5.41) is 0. The lowest BCUT2D eigenvalue weighted by atomic mass is 9.88. The van der Waals surface area contributed by atoms with Crippen LogP contribution in [0.3, 0.4) is 0 Å². The van der Waals surface area contributed by atoms with E-state index in [4.69, 9.17) is 10.5 Å². The van der Waals surface area contributed by atoms with Gasteiger partial charge in [0, 0.05) is 13.6 Å². The molecule has 0 radical (unpaired) electrons. The summed E-state index contributed by atoms with van der Waals surface area (Å²) in [5.41, 5.74) is 6.38. The van der Waals surface area contributed by atoms with Crippen molar-refractivity contribution in [1.29, 1.82) is 0 Å². The van der Waals surface area contributed by atoms with Gasteiger partial charge < -0.3 is 15.4 Å². The van der Waals surface area contributed by atoms with Crippen LogP contribution in [0, 0.1) is 17.8 Å². The number of nitrogens with two attached hydrogens (primary N) is 1. The quantitative estimate of drug-likeness (QED) is 0.847. The van der Waals surface area contributed by atoms with E-state index in [1.807, 2.05) is 24.1 Å². The van der Waals surface area contributed by atoms with Gasteiger partial charge in [-0.3, -0.25) is 4.79 Å². The number of hydrogen-bond acceptors (Lipinski definition) is 3. The molecule has 1 aromatic carbocycles. The Hall–Kier alpha value is -1.71. The number of hydrogen-bond donors (Lipinski definition) is 1. The molecule has 3 unspecified atom stereocenters. The molecule has 3 rings (SSSR count). The molecule has 2 bridgehead atoms. The van der Waals surface area contributed by atoms with Crippen molar-refractivity contribution in [1.82, 2.24) is 4.90 Å². The van der Waals surface area contributed by atoms with Crippen LogP contribution in [0.25, 0.3) is 0 Å². The van der Waals surface area contributed by atoms with Gasteiger partial charge in [0.25, 0.3) is 5.91 Å². The minimum Gasteiger partial charge on any atom is -0.482 e. The predicted molar refractivity (Wildman–Crippen MR) is 82.9 cm³/mol. The van der Waals surface area contributed by atoms with Crippen molar-refractivity contribution < 1.29 is 9.53 Å². The molecule has 2 aliphatic carbocycles. The Morgan fingerprint density at radius 3 is 2.81 bits per heavy atom. The summed E-state index contributed by atoms with van der Waals surface area (Å²) in [6, 6.07) is 7.28. The molecule has 0 spiro atoms. The van der Waals surface area contributed by atoms with Crippen LogP contribution in [0.2, 0.25) is 0 Å². The normalized spacial score (nSPS) is 26.8. The Labute approximate surface area is 126 Å². The minimum atomic E-state index is 0.0287. The summed E-state index contributed by atoms with van der Waals surface area (Å²) in [5.74, 6) is 3.07. The summed E-state index contributed by atoms with van der Waals surface area (Å²) in [4.78, 5) is 14.0. The third-order valence-corrected chi connectivity index (χ3v) is 5.09. The van der Waals surface area contributed by atoms with Gasteiger partial charge in [-0.05, 0) is 49.1 Å². The highest BCUT2D eigenvalue weighted by Crippen LogP contribution is 2.48. The van der Waals surface area contributed by atoms with Crippen molar-refractivity contribution in [2.45, 2.75) is 25.7 Å². The number of rotatable bonds is 5. The standard InChI is InChI=1S/C17H24N2O2/c1-19(10-14-9-12-6-7-13(14)8-12)17(20)11-21-16-5-3-2-4-15(16)18/h2-5,12-14H,6-11,18H2,1H3. The zero-order chi connectivity index (χ0) is 14.8. The van der Waals surface area contributed by atoms with Gasteiger partial charge in [-0.2, -0.15) is 0 Å². The average molecular weight is 288 g/mol. The molecule has 3 atom stereocenters. The van der Waals surface area contributed by atoms with Gasteiger partial charge in [0.15, 0.2) is 6.61 Å². The van der Waals surface area contributed by atoms with E-state index in [0.29, 0.717) is 17.4 Å². The van der Waals surface area contributed by atoms with Crippen molar-refractivity contribution >= 4 is 11.6 Å². The van der Waals surface area contributed by atoms with Crippen molar-refractivity contribution in [3.63, 3.8) is 0 Å². The lowest BCUT2D eigenvalue weighted by molar-refractivity contribution is -0.132. The Bertz CT molecular complexity index is 517. The Balaban J connectivity index is 1.48. The first-order valence-electron chi connectivity index (χ1n) is 7.84. The molecule has 0 aliphatic heterocycles. The summed E-state index contributed by atoms with van der Waals surface area (Å²) >= 11 is 0. The van der Waals surface area contributed by atoms with Crippen LogP contribution in [0.15, 0.2) is 24.3 Å². The first-order valence-corrected chi connectivity index (χ1v) is 7.84. The summed E-state index contributed by atoms with van der Waals surface area (Å²) < 4.78 is 5.53. The van der Waals surface area contributed by atoms with Crippen LogP contribution in [-0.4, -0.2) is 31.0 Å². The van der Waals surface area contributed by atoms with E-state index in [0.717, 1.165) is 18.4 Å². The fourth-order valence-electron chi connectivity index (χ4n) is 3.92. The zero-order valence-electron chi connectivity index (χ0n) is 12.6. The number of para-hydroxylation sites is 2. The third-order valence-electron chi connectivity index (χ3n) is 5.09. The van der Waals surface area contributed by atoms with E-state index in [1.165, 1.54) is 25.7 Å². The number of carbonyl (C=O) groups excluding carboxylic acids is 1. The molecule has 1 aromatic rings. The molecule has 2 aliphatic rings. The minimum absolute atomic E-state index is 0.0287. The smallest absolute Gasteiger partial charge is 0.260 e. The van der Waals surface area contributed by atoms with Crippen LogP contribution < -0.4 is 10.5 Å². The molecule has 2 N–H and O–H groups in total. The summed E-state index contributed by atoms with van der Waals surface area (Å²) in [6.45, 7) is 0.930. The van der Waals surface area contributed by atoms with E-state index in [9.17, 15) is 4.79 Å². The molecular weight excluding hydrogens is 264 g/mol. The van der Waals surface area contributed by atoms with Gasteiger partial charge in [0.1, 0.15) is 5.75 Å². The van der Waals surface area contributed by atoms with Crippen LogP contribution >= 0.6 is 0 Å². The molecule has 0 saturated heterocycles. The SMILES string of the molecule is CN(CC1CC2CCC1C2)C(=O)COc1ccccc1N. The number of likely N-dealkylation sites (N-methyl/N-ethyl adjacent to an activating group) is 1. The Kier molecular flexibility index (Phi) is 4.04. The number of nitrogens with zero attached hydrogens (tertiary/aromatic N) is 1. The van der Waals surface area contributed by atoms with Gasteiger partial charge in [0.2, 0.25) is 0 Å². The van der Waals surface area contributed by atoms with Gasteiger partial charge in [-0.15, -0.1) is 0 Å². The fraction of sp³-hybridized carbons (Fsp3) is 0.588. The molecule has 2 saturated carbocycles. The van der Waals surface area contributed by atoms with Gasteiger partial charge in [-0.1, -0.05) is 18.6 Å². The zero-order valence-corrected chi connectivity index (χ0v) is 12.6. The largest absolute Gasteiger partial charge is 0.482 e. The predicted octanol–water partition coefficient (Wildman–Crippen LogP) is 2.54. The topological polar surface area (TPSA) is 55.6 Å². The maximum Gasteiger partial charge on any atom is 0.260 e. The van der Waals surface area contributed by atoms with E-state index >= 15 is 0 Å². The van der Waals surface area contributed by atoms with E-state index < -0.39 is 0 Å². The monoisotopic (exact) mass is 288 g/mol. The van der Waals surface area contributed by atoms with Gasteiger partial charge in [0.05, 0.1) is 5.69 Å². The Morgan fingerprint density at radius 1 is 1.33 bits per heavy atom. The molecule has 4 heteroatoms. The maximum atomic E-state index is 12.2. The van der Waals surface area contributed by atoms with Crippen molar-refractivity contribution in [3.8, 4) is 5.75 Å². The Morgan fingerprint density at radius 2 is 2.14 bits per heavy atom. The van der Waals surface area contributed by atoms with Crippen LogP contribution in [-0.2, 0) is 4.79 Å². The number of fused-ring (bicyclic) bond motifs is 2. The molecule has 0 aromatic heterocycles. The highest BCUT2D eigenvalue weighted by Gasteiger charge is 2.40. The number of anilines is 1. The maximum absolute atomic E-state index is 12.2. The number of carbonyl (C=O) groups is 1. The van der Waals surface area contributed by atoms with Gasteiger partial charge in [-0.25, -0.2) is 0 Å². The number of benzene rings is 1. The molecular formula is C17H24N2O2. The first-order chi connectivity index (χ1) is 10.1. The van der Waals surface area contributed by atoms with E-state index in [-0.39, 0.29) is 12.5 Å². The van der Waals surface area contributed by atoms with Crippen molar-refractivity contribution in [3.05, 3.63) is 24.3 Å². The number of ether oxygens (including phenoxy) is 1. The van der Waals surface area contributed by atoms with E-state index in [2.05, 4.69) is 0 Å². The number of nitrogen functional groups attached to an aromatic ring is 1. The molecule has 2 fully saturated rings. The van der Waals surface area contributed by atoms with Crippen LogP contribution in [0.4, 0.5) is 5.69 Å². The van der Waals surface area contributed by atoms with Crippen molar-refractivity contribution in [2.75, 3.05) is 25.9 Å². The molecule has 114 valence electrons. The second kappa shape index (κ2) is 5.96. The third kappa shape index (κ3) is 3.14. The molecule has 21 heavy (non-hydrogen) atoms. The number of amides is 1. The van der Waals surface area contributed by atoms with Gasteiger partial charge >= 0.3 is 0 Å². The molecule has 1 amide bonds.